The molecule has 6 rings (SSSR count). The van der Waals surface area contributed by atoms with Gasteiger partial charge in [-0.05, 0) is 66.5 Å². The lowest BCUT2D eigenvalue weighted by Crippen LogP contribution is -2.47. The summed E-state index contributed by atoms with van der Waals surface area (Å²) in [4.78, 5) is 36.5. The van der Waals surface area contributed by atoms with Crippen molar-refractivity contribution < 1.29 is 9.90 Å². The lowest BCUT2D eigenvalue weighted by atomic mass is 9.90. The molecular formula is C26H24N4O3. The second-order valence-electron chi connectivity index (χ2n) is 9.37. The molecular weight excluding hydrogens is 416 g/mol. The summed E-state index contributed by atoms with van der Waals surface area (Å²) in [5, 5.41) is 12.0. The molecule has 1 saturated heterocycles. The number of benzene rings is 2. The maximum atomic E-state index is 13.1. The predicted octanol–water partition coefficient (Wildman–Crippen LogP) is 3.14. The van der Waals surface area contributed by atoms with Gasteiger partial charge in [-0.2, -0.15) is 0 Å². The SMILES string of the molecule is Cn1ccc2cc(-c3cnc4ccc(C(=O)N5CCC6(CC6)C(O)C5)cc4n3)ccc2c1=O. The molecule has 1 spiro atoms. The largest absolute Gasteiger partial charge is 0.391 e. The van der Waals surface area contributed by atoms with Gasteiger partial charge in [-0.3, -0.25) is 14.6 Å². The van der Waals surface area contributed by atoms with Gasteiger partial charge in [-0.1, -0.05) is 6.07 Å². The Morgan fingerprint density at radius 1 is 1.09 bits per heavy atom. The minimum absolute atomic E-state index is 0.0396. The summed E-state index contributed by atoms with van der Waals surface area (Å²) >= 11 is 0. The minimum atomic E-state index is -0.438. The highest BCUT2D eigenvalue weighted by Crippen LogP contribution is 2.53. The van der Waals surface area contributed by atoms with Crippen LogP contribution in [0, 0.1) is 5.41 Å². The first-order valence-electron chi connectivity index (χ1n) is 11.3. The van der Waals surface area contributed by atoms with Gasteiger partial charge in [0.05, 0.1) is 29.0 Å². The predicted molar refractivity (Wildman–Crippen MR) is 126 cm³/mol. The Bertz CT molecular complexity index is 1490. The zero-order valence-electron chi connectivity index (χ0n) is 18.4. The number of carbonyl (C=O) groups excluding carboxylic acids is 1. The fourth-order valence-corrected chi connectivity index (χ4v) is 4.92. The van der Waals surface area contributed by atoms with Crippen molar-refractivity contribution in [2.75, 3.05) is 13.1 Å². The molecule has 7 heteroatoms. The van der Waals surface area contributed by atoms with E-state index in [0.717, 1.165) is 30.2 Å². The van der Waals surface area contributed by atoms with Crippen molar-refractivity contribution in [2.45, 2.75) is 25.4 Å². The molecule has 2 aromatic carbocycles. The van der Waals surface area contributed by atoms with E-state index in [4.69, 9.17) is 4.98 Å². The standard InChI is InChI=1S/C26H24N4O3/c1-29-10-6-16-12-17(2-4-19(16)25(29)33)22-14-27-20-5-3-18(13-21(20)28-22)24(32)30-11-9-26(7-8-26)23(31)15-30/h2-6,10,12-14,23,31H,7-9,11,15H2,1H3. The molecule has 1 N–H and O–H groups in total. The van der Waals surface area contributed by atoms with Crippen LogP contribution in [0.5, 0.6) is 0 Å². The third-order valence-corrected chi connectivity index (χ3v) is 7.32. The monoisotopic (exact) mass is 440 g/mol. The molecule has 1 amide bonds. The first-order chi connectivity index (χ1) is 15.9. The van der Waals surface area contributed by atoms with Crippen molar-refractivity contribution in [3.8, 4) is 11.3 Å². The van der Waals surface area contributed by atoms with E-state index in [1.165, 1.54) is 0 Å². The van der Waals surface area contributed by atoms with Crippen LogP contribution >= 0.6 is 0 Å². The molecule has 166 valence electrons. The number of aryl methyl sites for hydroxylation is 1. The molecule has 1 saturated carbocycles. The minimum Gasteiger partial charge on any atom is -0.391 e. The van der Waals surface area contributed by atoms with E-state index in [0.29, 0.717) is 40.8 Å². The average molecular weight is 441 g/mol. The van der Waals surface area contributed by atoms with Crippen LogP contribution in [-0.2, 0) is 7.05 Å². The van der Waals surface area contributed by atoms with Crippen molar-refractivity contribution in [2.24, 2.45) is 12.5 Å². The molecule has 2 aliphatic rings. The maximum Gasteiger partial charge on any atom is 0.258 e. The van der Waals surface area contributed by atoms with Crippen LogP contribution in [0.3, 0.4) is 0 Å². The van der Waals surface area contributed by atoms with Gasteiger partial charge in [0.25, 0.3) is 11.5 Å². The van der Waals surface area contributed by atoms with Crippen LogP contribution in [-0.4, -0.2) is 49.6 Å². The van der Waals surface area contributed by atoms with Crippen LogP contribution in [0.15, 0.2) is 59.7 Å². The zero-order chi connectivity index (χ0) is 22.7. The number of likely N-dealkylation sites (tertiary alicyclic amines) is 1. The normalized spacial score (nSPS) is 19.3. The third-order valence-electron chi connectivity index (χ3n) is 7.32. The molecule has 33 heavy (non-hydrogen) atoms. The quantitative estimate of drug-likeness (QED) is 0.517. The highest BCUT2D eigenvalue weighted by atomic mass is 16.3. The Labute approximate surface area is 190 Å². The Hall–Kier alpha value is -3.58. The Kier molecular flexibility index (Phi) is 4.39. The number of aliphatic hydroxyl groups is 1. The second kappa shape index (κ2) is 7.22. The van der Waals surface area contributed by atoms with Crippen molar-refractivity contribution in [3.63, 3.8) is 0 Å². The fourth-order valence-electron chi connectivity index (χ4n) is 4.92. The maximum absolute atomic E-state index is 13.1. The molecule has 2 fully saturated rings. The smallest absolute Gasteiger partial charge is 0.258 e. The van der Waals surface area contributed by atoms with Gasteiger partial charge < -0.3 is 14.6 Å². The van der Waals surface area contributed by atoms with E-state index in [1.807, 2.05) is 30.3 Å². The number of piperidine rings is 1. The van der Waals surface area contributed by atoms with Crippen LogP contribution in [0.2, 0.25) is 0 Å². The molecule has 1 aliphatic heterocycles. The summed E-state index contributed by atoms with van der Waals surface area (Å²) in [6, 6.07) is 12.9. The van der Waals surface area contributed by atoms with Gasteiger partial charge in [0.15, 0.2) is 0 Å². The number of pyridine rings is 1. The molecule has 7 nitrogen and oxygen atoms in total. The Morgan fingerprint density at radius 2 is 1.94 bits per heavy atom. The van der Waals surface area contributed by atoms with Crippen molar-refractivity contribution in [1.29, 1.82) is 0 Å². The van der Waals surface area contributed by atoms with Crippen molar-refractivity contribution >= 4 is 27.7 Å². The van der Waals surface area contributed by atoms with Crippen molar-refractivity contribution in [1.82, 2.24) is 19.4 Å². The number of nitrogens with zero attached hydrogens (tertiary/aromatic N) is 4. The Morgan fingerprint density at radius 3 is 2.73 bits per heavy atom. The summed E-state index contributed by atoms with van der Waals surface area (Å²) < 4.78 is 1.56. The number of aromatic nitrogens is 3. The number of hydrogen-bond donors (Lipinski definition) is 1. The van der Waals surface area contributed by atoms with E-state index in [9.17, 15) is 14.7 Å². The highest BCUT2D eigenvalue weighted by molar-refractivity contribution is 5.97. The highest BCUT2D eigenvalue weighted by Gasteiger charge is 2.51. The lowest BCUT2D eigenvalue weighted by molar-refractivity contribution is 0.00976. The topological polar surface area (TPSA) is 88.3 Å². The second-order valence-corrected chi connectivity index (χ2v) is 9.37. The lowest BCUT2D eigenvalue weighted by Gasteiger charge is -2.36. The molecule has 4 aromatic rings. The number of β-amino-alcohol motifs (C(OH)–C–C–N with tert-alkyl or cyclic N) is 1. The fraction of sp³-hybridized carbons (Fsp3) is 0.308. The number of amides is 1. The number of carbonyl (C=O) groups is 1. The number of fused-ring (bicyclic) bond motifs is 2. The number of rotatable bonds is 2. The van der Waals surface area contributed by atoms with Gasteiger partial charge >= 0.3 is 0 Å². The van der Waals surface area contributed by atoms with E-state index in [-0.39, 0.29) is 16.9 Å². The van der Waals surface area contributed by atoms with E-state index in [1.54, 1.807) is 41.0 Å². The van der Waals surface area contributed by atoms with Crippen LogP contribution in [0.25, 0.3) is 33.1 Å². The summed E-state index contributed by atoms with van der Waals surface area (Å²) in [6.45, 7) is 1.06. The molecule has 2 aromatic heterocycles. The van der Waals surface area contributed by atoms with Crippen LogP contribution < -0.4 is 5.56 Å². The average Bonchev–Trinajstić information content (AvgIpc) is 3.62. The summed E-state index contributed by atoms with van der Waals surface area (Å²) in [5.41, 5.74) is 3.45. The van der Waals surface area contributed by atoms with Gasteiger partial charge in [0.2, 0.25) is 0 Å². The number of hydrogen-bond acceptors (Lipinski definition) is 5. The molecule has 1 unspecified atom stereocenters. The molecule has 0 radical (unpaired) electrons. The van der Waals surface area contributed by atoms with Crippen LogP contribution in [0.4, 0.5) is 0 Å². The molecule has 3 heterocycles. The van der Waals surface area contributed by atoms with Crippen molar-refractivity contribution in [3.05, 3.63) is 70.8 Å². The first-order valence-corrected chi connectivity index (χ1v) is 11.3. The zero-order valence-corrected chi connectivity index (χ0v) is 18.4. The van der Waals surface area contributed by atoms with Crippen LogP contribution in [0.1, 0.15) is 29.6 Å². The Balaban J connectivity index is 1.33. The van der Waals surface area contributed by atoms with E-state index in [2.05, 4.69) is 4.98 Å². The molecule has 0 bridgehead atoms. The van der Waals surface area contributed by atoms with Gasteiger partial charge in [-0.15, -0.1) is 0 Å². The summed E-state index contributed by atoms with van der Waals surface area (Å²) in [7, 11) is 1.73. The number of aliphatic hydroxyl groups excluding tert-OH is 1. The molecule has 1 atom stereocenters. The summed E-state index contributed by atoms with van der Waals surface area (Å²) in [6.07, 6.45) is 6.01. The van der Waals surface area contributed by atoms with Gasteiger partial charge in [0.1, 0.15) is 0 Å². The third kappa shape index (κ3) is 3.31. The first kappa shape index (κ1) is 20.1. The summed E-state index contributed by atoms with van der Waals surface area (Å²) in [5.74, 6) is -0.0831. The van der Waals surface area contributed by atoms with E-state index < -0.39 is 6.10 Å². The molecule has 1 aliphatic carbocycles. The van der Waals surface area contributed by atoms with Gasteiger partial charge in [0, 0.05) is 42.8 Å². The van der Waals surface area contributed by atoms with Gasteiger partial charge in [-0.25, -0.2) is 4.98 Å². The van der Waals surface area contributed by atoms with E-state index >= 15 is 0 Å².